The summed E-state index contributed by atoms with van der Waals surface area (Å²) in [4.78, 5) is 0. The van der Waals surface area contributed by atoms with Crippen molar-refractivity contribution in [1.82, 2.24) is 0 Å². The molecule has 0 atom stereocenters. The second-order valence-corrected chi connectivity index (χ2v) is 6.44. The average molecular weight is 367 g/mol. The van der Waals surface area contributed by atoms with Gasteiger partial charge in [-0.1, -0.05) is 18.2 Å². The van der Waals surface area contributed by atoms with Crippen LogP contribution in [0.15, 0.2) is 103 Å². The van der Waals surface area contributed by atoms with Gasteiger partial charge in [0.15, 0.2) is 0 Å². The molecule has 0 unspecified atom stereocenters. The first kappa shape index (κ1) is 17.5. The number of anilines is 6. The number of hydrogen-bond acceptors (Lipinski definition) is 4. The van der Waals surface area contributed by atoms with Crippen LogP contribution in [-0.2, 0) is 0 Å². The van der Waals surface area contributed by atoms with Crippen molar-refractivity contribution < 1.29 is 5.11 Å². The molecule has 0 bridgehead atoms. The fourth-order valence-electron chi connectivity index (χ4n) is 2.84. The van der Waals surface area contributed by atoms with Crippen LogP contribution >= 0.6 is 0 Å². The van der Waals surface area contributed by atoms with E-state index >= 15 is 0 Å². The number of phenolic OH excluding ortho intramolecular Hbond substituents is 1. The zero-order chi connectivity index (χ0) is 19.2. The van der Waals surface area contributed by atoms with Crippen molar-refractivity contribution in [2.24, 2.45) is 0 Å². The van der Waals surface area contributed by atoms with Gasteiger partial charge in [-0.3, -0.25) is 0 Å². The molecule has 0 heterocycles. The molecule has 28 heavy (non-hydrogen) atoms. The molecule has 4 aromatic rings. The Morgan fingerprint density at radius 3 is 1.00 bits per heavy atom. The summed E-state index contributed by atoms with van der Waals surface area (Å²) in [6.07, 6.45) is 0. The van der Waals surface area contributed by atoms with Crippen LogP contribution in [-0.4, -0.2) is 5.11 Å². The number of phenols is 1. The van der Waals surface area contributed by atoms with E-state index in [-0.39, 0.29) is 5.75 Å². The van der Waals surface area contributed by atoms with Gasteiger partial charge in [-0.25, -0.2) is 0 Å². The Morgan fingerprint density at radius 2 is 0.643 bits per heavy atom. The molecule has 0 saturated heterocycles. The first-order valence-corrected chi connectivity index (χ1v) is 9.10. The Balaban J connectivity index is 1.36. The van der Waals surface area contributed by atoms with Gasteiger partial charge in [0.2, 0.25) is 0 Å². The highest BCUT2D eigenvalue weighted by Crippen LogP contribution is 2.24. The number of rotatable bonds is 6. The zero-order valence-corrected chi connectivity index (χ0v) is 15.3. The Morgan fingerprint density at radius 1 is 0.357 bits per heavy atom. The predicted molar refractivity (Wildman–Crippen MR) is 117 cm³/mol. The first-order chi connectivity index (χ1) is 13.7. The normalized spacial score (nSPS) is 10.3. The Hall–Kier alpha value is -3.92. The van der Waals surface area contributed by atoms with Crippen LogP contribution in [0.3, 0.4) is 0 Å². The molecule has 138 valence electrons. The summed E-state index contributed by atoms with van der Waals surface area (Å²) in [6, 6.07) is 33.4. The third-order valence-electron chi connectivity index (χ3n) is 4.28. The standard InChI is InChI=1S/C24H21N3O/c28-24-16-14-23(15-17-24)27-22-12-10-21(11-13-22)26-20-8-6-19(7-9-20)25-18-4-2-1-3-5-18/h1-17,25-28H. The molecule has 4 rings (SSSR count). The maximum Gasteiger partial charge on any atom is 0.115 e. The van der Waals surface area contributed by atoms with E-state index in [1.165, 1.54) is 0 Å². The minimum atomic E-state index is 0.259. The fraction of sp³-hybridized carbons (Fsp3) is 0. The molecule has 0 radical (unpaired) electrons. The van der Waals surface area contributed by atoms with Crippen LogP contribution in [0.4, 0.5) is 34.1 Å². The van der Waals surface area contributed by atoms with Crippen molar-refractivity contribution in [2.45, 2.75) is 0 Å². The third-order valence-corrected chi connectivity index (χ3v) is 4.28. The Bertz CT molecular complexity index is 1010. The van der Waals surface area contributed by atoms with Crippen molar-refractivity contribution >= 4 is 34.1 Å². The monoisotopic (exact) mass is 367 g/mol. The summed E-state index contributed by atoms with van der Waals surface area (Å²) in [5, 5.41) is 19.4. The quantitative estimate of drug-likeness (QED) is 0.289. The third kappa shape index (κ3) is 4.62. The summed E-state index contributed by atoms with van der Waals surface area (Å²) >= 11 is 0. The minimum Gasteiger partial charge on any atom is -0.508 e. The molecule has 0 fully saturated rings. The maximum atomic E-state index is 9.35. The summed E-state index contributed by atoms with van der Waals surface area (Å²) in [6.45, 7) is 0. The zero-order valence-electron chi connectivity index (χ0n) is 15.3. The van der Waals surface area contributed by atoms with E-state index in [9.17, 15) is 5.11 Å². The van der Waals surface area contributed by atoms with Crippen LogP contribution in [0.25, 0.3) is 0 Å². The molecule has 0 saturated carbocycles. The highest BCUT2D eigenvalue weighted by molar-refractivity contribution is 5.68. The summed E-state index contributed by atoms with van der Waals surface area (Å²) in [5.41, 5.74) is 6.07. The van der Waals surface area contributed by atoms with Gasteiger partial charge in [0.1, 0.15) is 5.75 Å². The smallest absolute Gasteiger partial charge is 0.115 e. The maximum absolute atomic E-state index is 9.35. The highest BCUT2D eigenvalue weighted by Gasteiger charge is 1.99. The molecule has 0 spiro atoms. The molecule has 0 aliphatic rings. The van der Waals surface area contributed by atoms with Gasteiger partial charge in [0.25, 0.3) is 0 Å². The lowest BCUT2D eigenvalue weighted by Gasteiger charge is -2.11. The molecule has 4 N–H and O–H groups in total. The molecule has 0 aliphatic heterocycles. The van der Waals surface area contributed by atoms with E-state index < -0.39 is 0 Å². The Kier molecular flexibility index (Phi) is 5.11. The minimum absolute atomic E-state index is 0.259. The topological polar surface area (TPSA) is 56.3 Å². The van der Waals surface area contributed by atoms with Gasteiger partial charge in [0.05, 0.1) is 0 Å². The second kappa shape index (κ2) is 8.18. The molecule has 4 heteroatoms. The lowest BCUT2D eigenvalue weighted by Crippen LogP contribution is -1.93. The molecule has 0 aromatic heterocycles. The van der Waals surface area contributed by atoms with Crippen LogP contribution in [0.5, 0.6) is 5.75 Å². The van der Waals surface area contributed by atoms with Crippen LogP contribution in [0, 0.1) is 0 Å². The number of benzene rings is 4. The Labute approximate surface area is 164 Å². The molecule has 0 amide bonds. The van der Waals surface area contributed by atoms with Crippen LogP contribution in [0.1, 0.15) is 0 Å². The van der Waals surface area contributed by atoms with E-state index in [1.54, 1.807) is 12.1 Å². The van der Waals surface area contributed by atoms with Crippen molar-refractivity contribution in [2.75, 3.05) is 16.0 Å². The number of para-hydroxylation sites is 1. The van der Waals surface area contributed by atoms with Gasteiger partial charge in [-0.05, 0) is 84.9 Å². The van der Waals surface area contributed by atoms with E-state index in [2.05, 4.69) is 28.1 Å². The van der Waals surface area contributed by atoms with Crippen molar-refractivity contribution in [1.29, 1.82) is 0 Å². The lowest BCUT2D eigenvalue weighted by atomic mass is 10.2. The van der Waals surface area contributed by atoms with Crippen LogP contribution in [0.2, 0.25) is 0 Å². The molecule has 0 aliphatic carbocycles. The molecule has 4 aromatic carbocycles. The number of aromatic hydroxyl groups is 1. The largest absolute Gasteiger partial charge is 0.508 e. The van der Waals surface area contributed by atoms with Crippen molar-refractivity contribution in [3.8, 4) is 5.75 Å². The van der Waals surface area contributed by atoms with E-state index in [1.807, 2.05) is 78.9 Å². The molecule has 4 nitrogen and oxygen atoms in total. The highest BCUT2D eigenvalue weighted by atomic mass is 16.3. The SMILES string of the molecule is Oc1ccc(Nc2ccc(Nc3ccc(Nc4ccccc4)cc3)cc2)cc1. The number of hydrogen-bond donors (Lipinski definition) is 4. The van der Waals surface area contributed by atoms with E-state index in [4.69, 9.17) is 0 Å². The molecular weight excluding hydrogens is 346 g/mol. The summed E-state index contributed by atoms with van der Waals surface area (Å²) in [5.74, 6) is 0.259. The van der Waals surface area contributed by atoms with Crippen molar-refractivity contribution in [3.05, 3.63) is 103 Å². The van der Waals surface area contributed by atoms with Gasteiger partial charge >= 0.3 is 0 Å². The summed E-state index contributed by atoms with van der Waals surface area (Å²) < 4.78 is 0. The van der Waals surface area contributed by atoms with Crippen LogP contribution < -0.4 is 16.0 Å². The van der Waals surface area contributed by atoms with Gasteiger partial charge in [0, 0.05) is 34.1 Å². The predicted octanol–water partition coefficient (Wildman–Crippen LogP) is 6.62. The first-order valence-electron chi connectivity index (χ1n) is 9.10. The van der Waals surface area contributed by atoms with Crippen molar-refractivity contribution in [3.63, 3.8) is 0 Å². The second-order valence-electron chi connectivity index (χ2n) is 6.44. The van der Waals surface area contributed by atoms with E-state index in [0.29, 0.717) is 0 Å². The van der Waals surface area contributed by atoms with E-state index in [0.717, 1.165) is 34.1 Å². The molecular formula is C24H21N3O. The van der Waals surface area contributed by atoms with Gasteiger partial charge in [-0.2, -0.15) is 0 Å². The lowest BCUT2D eigenvalue weighted by molar-refractivity contribution is 0.475. The number of nitrogens with one attached hydrogen (secondary N) is 3. The average Bonchev–Trinajstić information content (AvgIpc) is 2.73. The summed E-state index contributed by atoms with van der Waals surface area (Å²) in [7, 11) is 0. The van der Waals surface area contributed by atoms with Gasteiger partial charge < -0.3 is 21.1 Å². The van der Waals surface area contributed by atoms with Gasteiger partial charge in [-0.15, -0.1) is 0 Å². The fourth-order valence-corrected chi connectivity index (χ4v) is 2.84.